The Morgan fingerprint density at radius 1 is 0.690 bits per heavy atom. The molecule has 0 aliphatic carbocycles. The molecule has 146 valence electrons. The third kappa shape index (κ3) is 4.56. The van der Waals surface area contributed by atoms with E-state index in [1.807, 2.05) is 80.6 Å². The number of benzene rings is 3. The predicted octanol–water partition coefficient (Wildman–Crippen LogP) is 5.76. The highest BCUT2D eigenvalue weighted by Gasteiger charge is 2.31. The van der Waals surface area contributed by atoms with Crippen LogP contribution in [0, 0.1) is 13.8 Å². The lowest BCUT2D eigenvalue weighted by Gasteiger charge is -2.15. The zero-order valence-corrected chi connectivity index (χ0v) is 17.7. The van der Waals surface area contributed by atoms with Gasteiger partial charge in [-0.15, -0.1) is 0 Å². The van der Waals surface area contributed by atoms with Gasteiger partial charge in [-0.05, 0) is 26.0 Å². The van der Waals surface area contributed by atoms with Crippen molar-refractivity contribution in [1.29, 1.82) is 0 Å². The molecule has 5 nitrogen and oxygen atoms in total. The van der Waals surface area contributed by atoms with Crippen LogP contribution in [0.15, 0.2) is 89.2 Å². The number of hydrogen-bond acceptors (Lipinski definition) is 6. The third-order valence-electron chi connectivity index (χ3n) is 4.30. The minimum atomic E-state index is -3.26. The largest absolute Gasteiger partial charge is 0.531 e. The fourth-order valence-electron chi connectivity index (χ4n) is 2.73. The Hall–Kier alpha value is -2.95. The second kappa shape index (κ2) is 8.19. The Balaban J connectivity index is 1.75. The molecule has 1 heterocycles. The van der Waals surface area contributed by atoms with Gasteiger partial charge in [0.05, 0.1) is 0 Å². The van der Waals surface area contributed by atoms with Crippen LogP contribution < -0.4 is 4.52 Å². The smallest absolute Gasteiger partial charge is 0.405 e. The summed E-state index contributed by atoms with van der Waals surface area (Å²) in [5.41, 5.74) is 5.07. The van der Waals surface area contributed by atoms with Crippen molar-refractivity contribution in [2.24, 2.45) is 10.3 Å². The highest BCUT2D eigenvalue weighted by atomic mass is 32.5. The van der Waals surface area contributed by atoms with Gasteiger partial charge in [-0.2, -0.15) is 0 Å². The van der Waals surface area contributed by atoms with Gasteiger partial charge in [-0.1, -0.05) is 88.2 Å². The van der Waals surface area contributed by atoms with Crippen molar-refractivity contribution in [3.05, 3.63) is 101 Å². The van der Waals surface area contributed by atoms with E-state index in [9.17, 15) is 0 Å². The Labute approximate surface area is 174 Å². The van der Waals surface area contributed by atoms with Gasteiger partial charge in [0.25, 0.3) is 0 Å². The molecule has 0 saturated heterocycles. The molecular weight excluding hydrogens is 403 g/mol. The minimum Gasteiger partial charge on any atom is -0.405 e. The molecule has 1 aliphatic heterocycles. The first kappa shape index (κ1) is 19.4. The lowest BCUT2D eigenvalue weighted by molar-refractivity contribution is 0.220. The molecule has 0 aromatic heterocycles. The normalized spacial score (nSPS) is 15.2. The van der Waals surface area contributed by atoms with Crippen molar-refractivity contribution in [2.75, 3.05) is 0 Å². The van der Waals surface area contributed by atoms with E-state index in [0.29, 0.717) is 17.2 Å². The molecular formula is C22H19N2O3PS. The zero-order chi connectivity index (χ0) is 20.3. The minimum absolute atomic E-state index is 0.539. The summed E-state index contributed by atoms with van der Waals surface area (Å²) in [6.45, 7) is 0.802. The molecule has 4 rings (SSSR count). The fourth-order valence-corrected chi connectivity index (χ4v) is 4.03. The summed E-state index contributed by atoms with van der Waals surface area (Å²) in [7, 11) is 0. The summed E-state index contributed by atoms with van der Waals surface area (Å²) in [5.74, 6) is 0.539. The molecule has 3 aromatic rings. The SMILES string of the molecule is Cc1ccc(C2=NOP(=S)(Oc3ccccc3)ON=C2c2ccc(C)cc2)cc1. The van der Waals surface area contributed by atoms with Crippen LogP contribution in [0.1, 0.15) is 22.3 Å². The highest BCUT2D eigenvalue weighted by Crippen LogP contribution is 2.51. The second-order valence-corrected chi connectivity index (χ2v) is 9.37. The Morgan fingerprint density at radius 3 is 1.59 bits per heavy atom. The van der Waals surface area contributed by atoms with Gasteiger partial charge in [0, 0.05) is 22.9 Å². The van der Waals surface area contributed by atoms with Gasteiger partial charge in [0.1, 0.15) is 17.2 Å². The molecule has 0 bridgehead atoms. The monoisotopic (exact) mass is 422 g/mol. The molecule has 0 saturated carbocycles. The fraction of sp³-hybridized carbons (Fsp3) is 0.0909. The molecule has 1 aliphatic rings. The van der Waals surface area contributed by atoms with E-state index in [-0.39, 0.29) is 0 Å². The maximum Gasteiger partial charge on any atom is 0.531 e. The quantitative estimate of drug-likeness (QED) is 0.502. The van der Waals surface area contributed by atoms with Crippen molar-refractivity contribution in [2.45, 2.75) is 13.8 Å². The van der Waals surface area contributed by atoms with Crippen LogP contribution in [0.5, 0.6) is 5.75 Å². The van der Waals surface area contributed by atoms with E-state index in [0.717, 1.165) is 22.3 Å². The first-order chi connectivity index (χ1) is 14.0. The van der Waals surface area contributed by atoms with Gasteiger partial charge < -0.3 is 4.52 Å². The first-order valence-corrected chi connectivity index (χ1v) is 11.6. The molecule has 29 heavy (non-hydrogen) atoms. The average Bonchev–Trinajstić information content (AvgIpc) is 2.89. The van der Waals surface area contributed by atoms with Crippen molar-refractivity contribution < 1.29 is 13.8 Å². The Morgan fingerprint density at radius 2 is 1.14 bits per heavy atom. The van der Waals surface area contributed by atoms with Crippen LogP contribution in [0.4, 0.5) is 0 Å². The summed E-state index contributed by atoms with van der Waals surface area (Å²) in [5, 5.41) is 8.67. The van der Waals surface area contributed by atoms with E-state index >= 15 is 0 Å². The van der Waals surface area contributed by atoms with Crippen molar-refractivity contribution in [3.63, 3.8) is 0 Å². The molecule has 0 unspecified atom stereocenters. The summed E-state index contributed by atoms with van der Waals surface area (Å²) in [4.78, 5) is 0. The van der Waals surface area contributed by atoms with Crippen LogP contribution in [0.2, 0.25) is 0 Å². The van der Waals surface area contributed by atoms with Crippen LogP contribution in [0.25, 0.3) is 0 Å². The Kier molecular flexibility index (Phi) is 5.47. The van der Waals surface area contributed by atoms with E-state index < -0.39 is 6.72 Å². The lowest BCUT2D eigenvalue weighted by atomic mass is 9.98. The van der Waals surface area contributed by atoms with Crippen molar-refractivity contribution in [1.82, 2.24) is 0 Å². The van der Waals surface area contributed by atoms with E-state index in [2.05, 4.69) is 10.3 Å². The maximum absolute atomic E-state index is 5.80. The summed E-state index contributed by atoms with van der Waals surface area (Å²) >= 11 is 5.50. The molecule has 0 radical (unpaired) electrons. The van der Waals surface area contributed by atoms with Gasteiger partial charge in [0.15, 0.2) is 0 Å². The number of para-hydroxylation sites is 1. The van der Waals surface area contributed by atoms with E-state index in [1.54, 1.807) is 12.1 Å². The maximum atomic E-state index is 5.80. The summed E-state index contributed by atoms with van der Waals surface area (Å²) < 4.78 is 17.0. The average molecular weight is 422 g/mol. The summed E-state index contributed by atoms with van der Waals surface area (Å²) in [6.07, 6.45) is 0. The van der Waals surface area contributed by atoms with Crippen LogP contribution >= 0.6 is 6.72 Å². The van der Waals surface area contributed by atoms with Crippen LogP contribution in [-0.4, -0.2) is 11.4 Å². The number of oxime groups is 2. The highest BCUT2D eigenvalue weighted by molar-refractivity contribution is 8.07. The molecule has 0 N–H and O–H groups in total. The molecule has 0 atom stereocenters. The van der Waals surface area contributed by atoms with Crippen LogP contribution in [0.3, 0.4) is 0 Å². The third-order valence-corrected chi connectivity index (χ3v) is 5.92. The first-order valence-electron chi connectivity index (χ1n) is 9.05. The van der Waals surface area contributed by atoms with E-state index in [1.165, 1.54) is 0 Å². The summed E-state index contributed by atoms with van der Waals surface area (Å²) in [6, 6.07) is 25.0. The van der Waals surface area contributed by atoms with Gasteiger partial charge in [-0.3, -0.25) is 9.25 Å². The van der Waals surface area contributed by atoms with Crippen molar-refractivity contribution in [3.8, 4) is 5.75 Å². The number of rotatable bonds is 4. The molecule has 0 amide bonds. The van der Waals surface area contributed by atoms with Crippen molar-refractivity contribution >= 4 is 29.9 Å². The number of hydrogen-bond donors (Lipinski definition) is 0. The molecule has 3 aromatic carbocycles. The molecule has 0 fully saturated rings. The molecule has 7 heteroatoms. The molecule has 0 spiro atoms. The Bertz CT molecular complexity index is 1040. The van der Waals surface area contributed by atoms with Gasteiger partial charge in [-0.25, -0.2) is 0 Å². The standard InChI is InChI=1S/C22H19N2O3PS/c1-16-8-12-18(13-9-16)21-22(19-14-10-17(2)11-15-19)24-27-28(29,26-23-21)25-20-6-4-3-5-7-20/h3-15H,1-2H3. The van der Waals surface area contributed by atoms with E-state index in [4.69, 9.17) is 25.6 Å². The zero-order valence-electron chi connectivity index (χ0n) is 16.0. The van der Waals surface area contributed by atoms with Gasteiger partial charge in [0.2, 0.25) is 0 Å². The topological polar surface area (TPSA) is 52.4 Å². The lowest BCUT2D eigenvalue weighted by Crippen LogP contribution is -2.17. The van der Waals surface area contributed by atoms with Gasteiger partial charge >= 0.3 is 6.72 Å². The second-order valence-electron chi connectivity index (χ2n) is 6.63. The van der Waals surface area contributed by atoms with Crippen LogP contribution in [-0.2, 0) is 21.1 Å². The predicted molar refractivity (Wildman–Crippen MR) is 119 cm³/mol. The number of aryl methyl sites for hydroxylation is 2. The number of nitrogens with zero attached hydrogens (tertiary/aromatic N) is 2.